The summed E-state index contributed by atoms with van der Waals surface area (Å²) in [4.78, 5) is 15.5. The van der Waals surface area contributed by atoms with Crippen LogP contribution in [0.4, 0.5) is 0 Å². The number of hydrogen-bond acceptors (Lipinski definition) is 5. The van der Waals surface area contributed by atoms with Crippen LogP contribution in [0.1, 0.15) is 15.9 Å². The molecule has 0 saturated carbocycles. The molecule has 0 aliphatic rings. The molecular formula is C15H15NO4. The summed E-state index contributed by atoms with van der Waals surface area (Å²) in [5.41, 5.74) is 1.39. The molecule has 0 N–H and O–H groups in total. The number of pyridine rings is 1. The maximum Gasteiger partial charge on any atom is 0.338 e. The van der Waals surface area contributed by atoms with Crippen molar-refractivity contribution in [3.63, 3.8) is 0 Å². The third kappa shape index (κ3) is 3.55. The van der Waals surface area contributed by atoms with Crippen LogP contribution in [0.2, 0.25) is 0 Å². The molecule has 2 aromatic rings. The van der Waals surface area contributed by atoms with Gasteiger partial charge in [-0.15, -0.1) is 0 Å². The van der Waals surface area contributed by atoms with Crippen LogP contribution in [0, 0.1) is 0 Å². The molecule has 5 heteroatoms. The van der Waals surface area contributed by atoms with E-state index < -0.39 is 5.97 Å². The first kappa shape index (κ1) is 14.0. The summed E-state index contributed by atoms with van der Waals surface area (Å²) in [7, 11) is 2.96. The molecule has 1 aromatic heterocycles. The largest absolute Gasteiger partial charge is 0.465 e. The van der Waals surface area contributed by atoms with Crippen molar-refractivity contribution in [1.82, 2.24) is 4.98 Å². The third-order valence-electron chi connectivity index (χ3n) is 2.59. The van der Waals surface area contributed by atoms with Crippen LogP contribution >= 0.6 is 0 Å². The minimum absolute atomic E-state index is 0.336. The normalized spacial score (nSPS) is 10.1. The molecule has 0 bridgehead atoms. The van der Waals surface area contributed by atoms with Crippen LogP contribution in [0.3, 0.4) is 0 Å². The van der Waals surface area contributed by atoms with Crippen LogP contribution in [0.5, 0.6) is 11.6 Å². The summed E-state index contributed by atoms with van der Waals surface area (Å²) in [6.45, 7) is 0.507. The first-order valence-electron chi connectivity index (χ1n) is 6.03. The minimum atomic E-state index is -0.426. The first-order valence-corrected chi connectivity index (χ1v) is 6.03. The Balaban J connectivity index is 2.17. The van der Waals surface area contributed by atoms with Gasteiger partial charge in [-0.2, -0.15) is 0 Å². The monoisotopic (exact) mass is 273 g/mol. The second-order valence-corrected chi connectivity index (χ2v) is 4.06. The molecule has 0 saturated heterocycles. The Morgan fingerprint density at radius 2 is 2.05 bits per heavy atom. The van der Waals surface area contributed by atoms with Crippen molar-refractivity contribution in [1.29, 1.82) is 0 Å². The number of esters is 1. The quantitative estimate of drug-likeness (QED) is 0.784. The van der Waals surface area contributed by atoms with Crippen LogP contribution < -0.4 is 4.74 Å². The van der Waals surface area contributed by atoms with Crippen molar-refractivity contribution in [2.24, 2.45) is 0 Å². The van der Waals surface area contributed by atoms with Gasteiger partial charge in [0.05, 0.1) is 19.3 Å². The molecule has 0 aliphatic heterocycles. The van der Waals surface area contributed by atoms with E-state index in [1.54, 1.807) is 13.2 Å². The average molecular weight is 273 g/mol. The molecule has 0 amide bonds. The molecule has 0 fully saturated rings. The topological polar surface area (TPSA) is 57.7 Å². The van der Waals surface area contributed by atoms with Gasteiger partial charge in [-0.1, -0.05) is 12.1 Å². The van der Waals surface area contributed by atoms with E-state index in [2.05, 4.69) is 9.72 Å². The molecule has 0 aliphatic carbocycles. The van der Waals surface area contributed by atoms with E-state index >= 15 is 0 Å². The van der Waals surface area contributed by atoms with Gasteiger partial charge >= 0.3 is 5.97 Å². The number of methoxy groups -OCH3 is 2. The zero-order valence-corrected chi connectivity index (χ0v) is 11.3. The number of carbonyl (C=O) groups is 1. The molecule has 0 atom stereocenters. The van der Waals surface area contributed by atoms with E-state index in [1.807, 2.05) is 24.3 Å². The molecular weight excluding hydrogens is 258 g/mol. The third-order valence-corrected chi connectivity index (χ3v) is 2.59. The van der Waals surface area contributed by atoms with E-state index in [9.17, 15) is 4.79 Å². The Bertz CT molecular complexity index is 598. The number of hydrogen-bond donors (Lipinski definition) is 0. The summed E-state index contributed by atoms with van der Waals surface area (Å²) in [6.07, 6.45) is 1.50. The van der Waals surface area contributed by atoms with Crippen molar-refractivity contribution in [3.8, 4) is 11.6 Å². The Morgan fingerprint density at radius 3 is 2.80 bits per heavy atom. The molecule has 2 rings (SSSR count). The highest BCUT2D eigenvalue weighted by atomic mass is 16.5. The first-order chi connectivity index (χ1) is 9.72. The summed E-state index contributed by atoms with van der Waals surface area (Å²) >= 11 is 0. The zero-order valence-electron chi connectivity index (χ0n) is 11.3. The fourth-order valence-electron chi connectivity index (χ4n) is 1.70. The number of benzene rings is 1. The number of nitrogens with zero attached hydrogens (tertiary/aromatic N) is 1. The van der Waals surface area contributed by atoms with Crippen molar-refractivity contribution >= 4 is 5.97 Å². The second-order valence-electron chi connectivity index (χ2n) is 4.06. The summed E-state index contributed by atoms with van der Waals surface area (Å²) in [5.74, 6) is 0.543. The molecule has 20 heavy (non-hydrogen) atoms. The van der Waals surface area contributed by atoms with E-state index in [1.165, 1.54) is 19.4 Å². The Kier molecular flexibility index (Phi) is 4.68. The van der Waals surface area contributed by atoms with Gasteiger partial charge < -0.3 is 14.2 Å². The molecule has 0 radical (unpaired) electrons. The lowest BCUT2D eigenvalue weighted by molar-refractivity contribution is 0.0600. The lowest BCUT2D eigenvalue weighted by atomic mass is 10.2. The van der Waals surface area contributed by atoms with Gasteiger partial charge in [-0.3, -0.25) is 0 Å². The van der Waals surface area contributed by atoms with Gasteiger partial charge in [-0.25, -0.2) is 9.78 Å². The van der Waals surface area contributed by atoms with Crippen LogP contribution in [-0.4, -0.2) is 25.2 Å². The van der Waals surface area contributed by atoms with Crippen molar-refractivity contribution in [2.75, 3.05) is 14.2 Å². The van der Waals surface area contributed by atoms with Gasteiger partial charge in [0.2, 0.25) is 5.88 Å². The summed E-state index contributed by atoms with van der Waals surface area (Å²) in [6, 6.07) is 10.6. The smallest absolute Gasteiger partial charge is 0.338 e. The molecule has 5 nitrogen and oxygen atoms in total. The predicted molar refractivity (Wildman–Crippen MR) is 72.8 cm³/mol. The van der Waals surface area contributed by atoms with Gasteiger partial charge in [-0.05, 0) is 23.8 Å². The number of rotatable bonds is 5. The lowest BCUT2D eigenvalue weighted by Crippen LogP contribution is -2.01. The average Bonchev–Trinajstić information content (AvgIpc) is 2.47. The van der Waals surface area contributed by atoms with Gasteiger partial charge in [0.1, 0.15) is 5.75 Å². The molecule has 104 valence electrons. The number of aromatic nitrogens is 1. The lowest BCUT2D eigenvalue weighted by Gasteiger charge is -2.07. The van der Waals surface area contributed by atoms with Gasteiger partial charge in [0.15, 0.2) is 0 Å². The number of carbonyl (C=O) groups excluding carboxylic acids is 1. The van der Waals surface area contributed by atoms with Crippen LogP contribution in [0.15, 0.2) is 42.6 Å². The Labute approximate surface area is 117 Å². The minimum Gasteiger partial charge on any atom is -0.465 e. The van der Waals surface area contributed by atoms with Crippen molar-refractivity contribution in [2.45, 2.75) is 6.61 Å². The summed E-state index contributed by atoms with van der Waals surface area (Å²) in [5, 5.41) is 0. The Hall–Kier alpha value is -2.40. The van der Waals surface area contributed by atoms with Crippen LogP contribution in [-0.2, 0) is 16.1 Å². The summed E-state index contributed by atoms with van der Waals surface area (Å²) < 4.78 is 15.3. The van der Waals surface area contributed by atoms with E-state index in [-0.39, 0.29) is 0 Å². The molecule has 1 heterocycles. The SMILES string of the molecule is COCc1cccc(Oc2cc(C(=O)OC)ccn2)c1. The van der Waals surface area contributed by atoms with E-state index in [0.29, 0.717) is 23.8 Å². The van der Waals surface area contributed by atoms with Gasteiger partial charge in [0, 0.05) is 19.4 Å². The highest BCUT2D eigenvalue weighted by Gasteiger charge is 2.08. The maximum atomic E-state index is 11.4. The fourth-order valence-corrected chi connectivity index (χ4v) is 1.70. The number of ether oxygens (including phenoxy) is 3. The van der Waals surface area contributed by atoms with Crippen molar-refractivity contribution in [3.05, 3.63) is 53.7 Å². The highest BCUT2D eigenvalue weighted by molar-refractivity contribution is 5.89. The predicted octanol–water partition coefficient (Wildman–Crippen LogP) is 2.81. The van der Waals surface area contributed by atoms with E-state index in [0.717, 1.165) is 5.56 Å². The van der Waals surface area contributed by atoms with Crippen LogP contribution in [0.25, 0.3) is 0 Å². The Morgan fingerprint density at radius 1 is 1.20 bits per heavy atom. The maximum absolute atomic E-state index is 11.4. The highest BCUT2D eigenvalue weighted by Crippen LogP contribution is 2.21. The zero-order chi connectivity index (χ0) is 14.4. The molecule has 0 unspecified atom stereocenters. The van der Waals surface area contributed by atoms with Crippen molar-refractivity contribution < 1.29 is 19.0 Å². The van der Waals surface area contributed by atoms with E-state index in [4.69, 9.17) is 9.47 Å². The molecule has 0 spiro atoms. The second kappa shape index (κ2) is 6.68. The molecule has 1 aromatic carbocycles. The standard InChI is InChI=1S/C15H15NO4/c1-18-10-11-4-3-5-13(8-11)20-14-9-12(6-7-16-14)15(17)19-2/h3-9H,10H2,1-2H3. The van der Waals surface area contributed by atoms with Gasteiger partial charge in [0.25, 0.3) is 0 Å². The fraction of sp³-hybridized carbons (Fsp3) is 0.200.